The molecular formula is C17H13ClN4O3. The minimum Gasteiger partial charge on any atom is -0.348 e. The fourth-order valence-corrected chi connectivity index (χ4v) is 2.44. The molecule has 0 saturated heterocycles. The number of aromatic nitrogens is 2. The number of imidazole rings is 1. The Morgan fingerprint density at radius 2 is 2.00 bits per heavy atom. The molecule has 126 valence electrons. The van der Waals surface area contributed by atoms with Crippen molar-refractivity contribution in [3.05, 3.63) is 87.4 Å². The summed E-state index contributed by atoms with van der Waals surface area (Å²) in [6.07, 6.45) is 4.59. The number of hydrogen-bond acceptors (Lipinski definition) is 4. The van der Waals surface area contributed by atoms with Crippen molar-refractivity contribution in [1.82, 2.24) is 14.9 Å². The molecular weight excluding hydrogens is 344 g/mol. The van der Waals surface area contributed by atoms with E-state index in [-0.39, 0.29) is 11.3 Å². The van der Waals surface area contributed by atoms with Gasteiger partial charge in [-0.15, -0.1) is 0 Å². The highest BCUT2D eigenvalue weighted by atomic mass is 35.5. The van der Waals surface area contributed by atoms with E-state index in [1.807, 2.05) is 0 Å². The summed E-state index contributed by atoms with van der Waals surface area (Å²) < 4.78 is 1.52. The lowest BCUT2D eigenvalue weighted by Gasteiger charge is -2.08. The molecule has 8 heteroatoms. The molecule has 1 aromatic heterocycles. The van der Waals surface area contributed by atoms with E-state index >= 15 is 0 Å². The minimum atomic E-state index is -0.523. The molecule has 0 spiro atoms. The zero-order valence-electron chi connectivity index (χ0n) is 12.9. The summed E-state index contributed by atoms with van der Waals surface area (Å²) in [5.74, 6) is -0.393. The predicted molar refractivity (Wildman–Crippen MR) is 92.8 cm³/mol. The van der Waals surface area contributed by atoms with E-state index in [0.717, 1.165) is 5.56 Å². The molecule has 1 amide bonds. The molecule has 0 aliphatic carbocycles. The summed E-state index contributed by atoms with van der Waals surface area (Å²) in [5.41, 5.74) is 1.26. The summed E-state index contributed by atoms with van der Waals surface area (Å²) in [5, 5.41) is 14.7. The van der Waals surface area contributed by atoms with Crippen LogP contribution in [0.1, 0.15) is 15.9 Å². The maximum Gasteiger partial charge on any atom is 0.294 e. The van der Waals surface area contributed by atoms with Crippen LogP contribution in [0.2, 0.25) is 5.02 Å². The zero-order valence-corrected chi connectivity index (χ0v) is 13.7. The number of benzene rings is 2. The van der Waals surface area contributed by atoms with Gasteiger partial charge in [-0.2, -0.15) is 0 Å². The number of amides is 1. The second-order valence-corrected chi connectivity index (χ2v) is 5.68. The Morgan fingerprint density at radius 3 is 2.64 bits per heavy atom. The highest BCUT2D eigenvalue weighted by Crippen LogP contribution is 2.24. The van der Waals surface area contributed by atoms with E-state index in [0.29, 0.717) is 17.3 Å². The fraction of sp³-hybridized carbons (Fsp3) is 0.0588. The van der Waals surface area contributed by atoms with Crippen molar-refractivity contribution < 1.29 is 9.72 Å². The first kappa shape index (κ1) is 16.7. The maximum absolute atomic E-state index is 12.3. The standard InChI is InChI=1S/C17H13ClN4O3/c18-14-4-1-12(2-5-14)10-20-17(23)13-3-6-15(16(9-13)22(24)25)21-8-7-19-11-21/h1-9,11H,10H2,(H,20,23). The quantitative estimate of drug-likeness (QED) is 0.560. The molecule has 0 aliphatic heterocycles. The number of hydrogen-bond donors (Lipinski definition) is 1. The molecule has 7 nitrogen and oxygen atoms in total. The van der Waals surface area contributed by atoms with Crippen molar-refractivity contribution in [2.75, 3.05) is 0 Å². The van der Waals surface area contributed by atoms with Gasteiger partial charge in [0.2, 0.25) is 0 Å². The number of carbonyl (C=O) groups is 1. The first-order chi connectivity index (χ1) is 12.0. The monoisotopic (exact) mass is 356 g/mol. The Bertz CT molecular complexity index is 908. The van der Waals surface area contributed by atoms with Gasteiger partial charge in [-0.25, -0.2) is 4.98 Å². The molecule has 1 heterocycles. The van der Waals surface area contributed by atoms with Crippen molar-refractivity contribution in [2.45, 2.75) is 6.54 Å². The van der Waals surface area contributed by atoms with Crippen LogP contribution in [0, 0.1) is 10.1 Å². The van der Waals surface area contributed by atoms with Gasteiger partial charge in [-0.3, -0.25) is 14.9 Å². The number of halogens is 1. The summed E-state index contributed by atoms with van der Waals surface area (Å²) in [7, 11) is 0. The lowest BCUT2D eigenvalue weighted by atomic mass is 10.1. The maximum atomic E-state index is 12.3. The van der Waals surface area contributed by atoms with E-state index in [9.17, 15) is 14.9 Å². The van der Waals surface area contributed by atoms with Crippen LogP contribution in [0.3, 0.4) is 0 Å². The van der Waals surface area contributed by atoms with Crippen LogP contribution in [0.15, 0.2) is 61.2 Å². The Hall–Kier alpha value is -3.19. The van der Waals surface area contributed by atoms with Gasteiger partial charge in [0, 0.05) is 35.6 Å². The molecule has 0 radical (unpaired) electrons. The molecule has 0 atom stereocenters. The summed E-state index contributed by atoms with van der Waals surface area (Å²) in [6, 6.07) is 11.4. The second-order valence-electron chi connectivity index (χ2n) is 5.24. The number of carbonyl (C=O) groups excluding carboxylic acids is 1. The Balaban J connectivity index is 1.79. The lowest BCUT2D eigenvalue weighted by Crippen LogP contribution is -2.23. The van der Waals surface area contributed by atoms with Crippen LogP contribution in [-0.2, 0) is 6.54 Å². The first-order valence-electron chi connectivity index (χ1n) is 7.34. The van der Waals surface area contributed by atoms with Crippen LogP contribution in [0.25, 0.3) is 5.69 Å². The number of nitrogens with one attached hydrogen (secondary N) is 1. The predicted octanol–water partition coefficient (Wildman–Crippen LogP) is 3.36. The lowest BCUT2D eigenvalue weighted by molar-refractivity contribution is -0.384. The minimum absolute atomic E-state index is 0.169. The Labute approximate surface area is 148 Å². The van der Waals surface area contributed by atoms with Crippen LogP contribution < -0.4 is 5.32 Å². The van der Waals surface area contributed by atoms with Gasteiger partial charge in [-0.05, 0) is 29.8 Å². The third-order valence-electron chi connectivity index (χ3n) is 3.58. The molecule has 0 unspecified atom stereocenters. The van der Waals surface area contributed by atoms with Crippen LogP contribution in [0.5, 0.6) is 0 Å². The van der Waals surface area contributed by atoms with E-state index in [1.165, 1.54) is 29.2 Å². The van der Waals surface area contributed by atoms with Gasteiger partial charge in [0.15, 0.2) is 0 Å². The van der Waals surface area contributed by atoms with Gasteiger partial charge in [0.05, 0.1) is 11.3 Å². The molecule has 3 aromatic rings. The van der Waals surface area contributed by atoms with Crippen molar-refractivity contribution >= 4 is 23.2 Å². The number of nitrogens with zero attached hydrogens (tertiary/aromatic N) is 3. The van der Waals surface area contributed by atoms with Gasteiger partial charge in [0.1, 0.15) is 5.69 Å². The Kier molecular flexibility index (Phi) is 4.76. The summed E-state index contributed by atoms with van der Waals surface area (Å²) >= 11 is 5.82. The summed E-state index contributed by atoms with van der Waals surface area (Å²) in [4.78, 5) is 27.0. The Morgan fingerprint density at radius 1 is 1.24 bits per heavy atom. The van der Waals surface area contributed by atoms with Gasteiger partial charge >= 0.3 is 0 Å². The van der Waals surface area contributed by atoms with Crippen LogP contribution in [-0.4, -0.2) is 20.4 Å². The first-order valence-corrected chi connectivity index (χ1v) is 7.72. The largest absolute Gasteiger partial charge is 0.348 e. The van der Waals surface area contributed by atoms with E-state index < -0.39 is 10.8 Å². The van der Waals surface area contributed by atoms with E-state index in [2.05, 4.69) is 10.3 Å². The smallest absolute Gasteiger partial charge is 0.294 e. The highest BCUT2D eigenvalue weighted by molar-refractivity contribution is 6.30. The van der Waals surface area contributed by atoms with Crippen LogP contribution in [0.4, 0.5) is 5.69 Å². The molecule has 1 N–H and O–H groups in total. The number of nitro benzene ring substituents is 1. The molecule has 0 fully saturated rings. The van der Waals surface area contributed by atoms with Crippen molar-refractivity contribution in [1.29, 1.82) is 0 Å². The zero-order chi connectivity index (χ0) is 17.8. The highest BCUT2D eigenvalue weighted by Gasteiger charge is 2.18. The normalized spacial score (nSPS) is 10.4. The van der Waals surface area contributed by atoms with Gasteiger partial charge < -0.3 is 9.88 Å². The van der Waals surface area contributed by atoms with E-state index in [1.54, 1.807) is 36.5 Å². The van der Waals surface area contributed by atoms with Crippen molar-refractivity contribution in [2.24, 2.45) is 0 Å². The van der Waals surface area contributed by atoms with Gasteiger partial charge in [-0.1, -0.05) is 23.7 Å². The van der Waals surface area contributed by atoms with E-state index in [4.69, 9.17) is 11.6 Å². The average Bonchev–Trinajstić information content (AvgIpc) is 3.15. The molecule has 3 rings (SSSR count). The topological polar surface area (TPSA) is 90.1 Å². The molecule has 0 saturated carbocycles. The second kappa shape index (κ2) is 7.14. The third kappa shape index (κ3) is 3.84. The molecule has 0 bridgehead atoms. The van der Waals surface area contributed by atoms with Crippen molar-refractivity contribution in [3.63, 3.8) is 0 Å². The number of nitro groups is 1. The summed E-state index contributed by atoms with van der Waals surface area (Å²) in [6.45, 7) is 0.299. The molecule has 25 heavy (non-hydrogen) atoms. The van der Waals surface area contributed by atoms with Crippen LogP contribution >= 0.6 is 11.6 Å². The molecule has 2 aromatic carbocycles. The average molecular weight is 357 g/mol. The van der Waals surface area contributed by atoms with Crippen molar-refractivity contribution in [3.8, 4) is 5.69 Å². The molecule has 0 aliphatic rings. The fourth-order valence-electron chi connectivity index (χ4n) is 2.32. The number of rotatable bonds is 5. The third-order valence-corrected chi connectivity index (χ3v) is 3.84. The SMILES string of the molecule is O=C(NCc1ccc(Cl)cc1)c1ccc(-n2ccnc2)c([N+](=O)[O-])c1. The van der Waals surface area contributed by atoms with Gasteiger partial charge in [0.25, 0.3) is 11.6 Å².